The summed E-state index contributed by atoms with van der Waals surface area (Å²) in [6.07, 6.45) is -2.36. The van der Waals surface area contributed by atoms with E-state index >= 15 is 0 Å². The lowest BCUT2D eigenvalue weighted by Crippen LogP contribution is -2.21. The number of hydrogen-bond acceptors (Lipinski definition) is 3. The fourth-order valence-electron chi connectivity index (χ4n) is 1.35. The van der Waals surface area contributed by atoms with Crippen LogP contribution in [0, 0.1) is 0 Å². The van der Waals surface area contributed by atoms with Crippen molar-refractivity contribution in [2.45, 2.75) is 18.6 Å². The number of hydrogen-bond donors (Lipinski definition) is 1. The molecule has 0 aromatic carbocycles. The third-order valence-corrected chi connectivity index (χ3v) is 2.78. The van der Waals surface area contributed by atoms with E-state index in [-0.39, 0.29) is 12.6 Å². The Kier molecular flexibility index (Phi) is 5.48. The van der Waals surface area contributed by atoms with Crippen molar-refractivity contribution < 1.29 is 22.3 Å². The highest BCUT2D eigenvalue weighted by Crippen LogP contribution is 2.26. The van der Waals surface area contributed by atoms with E-state index in [0.717, 1.165) is 4.47 Å². The molecule has 3 nitrogen and oxygen atoms in total. The van der Waals surface area contributed by atoms with Crippen LogP contribution >= 0.6 is 15.9 Å². The monoisotopic (exact) mass is 315 g/mol. The summed E-state index contributed by atoms with van der Waals surface area (Å²) < 4.78 is 46.1. The van der Waals surface area contributed by atoms with Crippen LogP contribution in [0.1, 0.15) is 18.2 Å². The first-order valence-corrected chi connectivity index (χ1v) is 5.78. The van der Waals surface area contributed by atoms with Crippen LogP contribution in [0.15, 0.2) is 21.2 Å². The van der Waals surface area contributed by atoms with E-state index < -0.39 is 12.8 Å². The summed E-state index contributed by atoms with van der Waals surface area (Å²) >= 11 is 3.29. The molecule has 0 bridgehead atoms. The average molecular weight is 316 g/mol. The van der Waals surface area contributed by atoms with Crippen molar-refractivity contribution in [3.8, 4) is 0 Å². The minimum atomic E-state index is -4.28. The zero-order chi connectivity index (χ0) is 12.9. The van der Waals surface area contributed by atoms with E-state index in [1.807, 2.05) is 0 Å². The summed E-state index contributed by atoms with van der Waals surface area (Å²) in [5, 5.41) is 2.96. The van der Waals surface area contributed by atoms with Crippen LogP contribution in [0.5, 0.6) is 0 Å². The van der Waals surface area contributed by atoms with Crippen molar-refractivity contribution >= 4 is 15.9 Å². The lowest BCUT2D eigenvalue weighted by Gasteiger charge is -2.15. The fraction of sp³-hybridized carbons (Fsp3) is 0.600. The van der Waals surface area contributed by atoms with Gasteiger partial charge in [-0.1, -0.05) is 0 Å². The maximum absolute atomic E-state index is 11.8. The molecular weight excluding hydrogens is 303 g/mol. The highest BCUT2D eigenvalue weighted by atomic mass is 79.9. The van der Waals surface area contributed by atoms with Crippen molar-refractivity contribution in [3.05, 3.63) is 22.6 Å². The summed E-state index contributed by atoms with van der Waals surface area (Å²) in [7, 11) is 1.71. The molecule has 0 saturated heterocycles. The Morgan fingerprint density at radius 1 is 1.53 bits per heavy atom. The smallest absolute Gasteiger partial charge is 0.411 e. The van der Waals surface area contributed by atoms with E-state index in [0.29, 0.717) is 12.2 Å². The molecule has 0 amide bonds. The molecular formula is C10H13BrF3NO2. The maximum atomic E-state index is 11.8. The van der Waals surface area contributed by atoms with E-state index in [9.17, 15) is 13.2 Å². The Balaban J connectivity index is 2.37. The first-order valence-electron chi connectivity index (χ1n) is 4.98. The van der Waals surface area contributed by atoms with Crippen molar-refractivity contribution in [1.82, 2.24) is 5.32 Å². The van der Waals surface area contributed by atoms with Crippen LogP contribution in [-0.4, -0.2) is 26.4 Å². The molecule has 0 aliphatic carbocycles. The minimum absolute atomic E-state index is 0.0121. The summed E-state index contributed by atoms with van der Waals surface area (Å²) in [6.45, 7) is -1.21. The zero-order valence-electron chi connectivity index (χ0n) is 9.18. The van der Waals surface area contributed by atoms with Gasteiger partial charge in [-0.25, -0.2) is 0 Å². The molecule has 1 atom stereocenters. The van der Waals surface area contributed by atoms with E-state index in [1.54, 1.807) is 13.1 Å². The fourth-order valence-corrected chi connectivity index (χ4v) is 1.83. The predicted molar refractivity (Wildman–Crippen MR) is 59.7 cm³/mol. The number of rotatable bonds is 6. The Labute approximate surface area is 105 Å². The molecule has 0 spiro atoms. The predicted octanol–water partition coefficient (Wildman–Crippen LogP) is 3.27. The second-order valence-corrected chi connectivity index (χ2v) is 4.28. The molecule has 1 aromatic rings. The molecule has 0 radical (unpaired) electrons. The third-order valence-electron chi connectivity index (χ3n) is 2.13. The Bertz CT molecular complexity index is 341. The van der Waals surface area contributed by atoms with Crippen molar-refractivity contribution in [3.63, 3.8) is 0 Å². The van der Waals surface area contributed by atoms with E-state index in [2.05, 4.69) is 26.0 Å². The summed E-state index contributed by atoms with van der Waals surface area (Å²) in [6, 6.07) is 1.56. The van der Waals surface area contributed by atoms with E-state index in [1.165, 1.54) is 6.26 Å². The first kappa shape index (κ1) is 14.5. The van der Waals surface area contributed by atoms with Crippen LogP contribution in [0.3, 0.4) is 0 Å². The third kappa shape index (κ3) is 5.10. The molecule has 98 valence electrons. The maximum Gasteiger partial charge on any atom is 0.411 e. The topological polar surface area (TPSA) is 34.4 Å². The number of ether oxygens (including phenoxy) is 1. The number of alkyl halides is 3. The number of nitrogens with one attached hydrogen (secondary N) is 1. The molecule has 7 heteroatoms. The van der Waals surface area contributed by atoms with Gasteiger partial charge in [0.05, 0.1) is 16.8 Å². The van der Waals surface area contributed by atoms with Gasteiger partial charge in [0, 0.05) is 6.61 Å². The quantitative estimate of drug-likeness (QED) is 0.818. The molecule has 17 heavy (non-hydrogen) atoms. The zero-order valence-corrected chi connectivity index (χ0v) is 10.8. The number of halogens is 4. The van der Waals surface area contributed by atoms with Gasteiger partial charge < -0.3 is 14.5 Å². The van der Waals surface area contributed by atoms with Crippen LogP contribution in [-0.2, 0) is 4.74 Å². The summed E-state index contributed by atoms with van der Waals surface area (Å²) in [5.74, 6) is 0.656. The second kappa shape index (κ2) is 6.42. The lowest BCUT2D eigenvalue weighted by molar-refractivity contribution is -0.174. The van der Waals surface area contributed by atoms with Crippen LogP contribution in [0.2, 0.25) is 0 Å². The highest BCUT2D eigenvalue weighted by Gasteiger charge is 2.27. The van der Waals surface area contributed by atoms with Crippen molar-refractivity contribution in [2.24, 2.45) is 0 Å². The molecule has 0 saturated carbocycles. The second-order valence-electron chi connectivity index (χ2n) is 3.43. The van der Waals surface area contributed by atoms with Gasteiger partial charge in [0.1, 0.15) is 12.4 Å². The average Bonchev–Trinajstić information content (AvgIpc) is 2.63. The molecule has 1 heterocycles. The van der Waals surface area contributed by atoms with Gasteiger partial charge in [-0.15, -0.1) is 0 Å². The van der Waals surface area contributed by atoms with Gasteiger partial charge in [0.15, 0.2) is 0 Å². The Morgan fingerprint density at radius 3 is 2.71 bits per heavy atom. The Morgan fingerprint density at radius 2 is 2.24 bits per heavy atom. The van der Waals surface area contributed by atoms with Gasteiger partial charge in [0.2, 0.25) is 0 Å². The normalized spacial score (nSPS) is 13.9. The van der Waals surface area contributed by atoms with Crippen LogP contribution in [0.25, 0.3) is 0 Å². The molecule has 1 aromatic heterocycles. The largest absolute Gasteiger partial charge is 0.466 e. The highest BCUT2D eigenvalue weighted by molar-refractivity contribution is 9.10. The van der Waals surface area contributed by atoms with Crippen molar-refractivity contribution in [2.75, 3.05) is 20.3 Å². The van der Waals surface area contributed by atoms with Gasteiger partial charge in [-0.3, -0.25) is 0 Å². The molecule has 1 rings (SSSR count). The standard InChI is InChI=1S/C10H13BrF3NO2/c1-15-8(9-7(11)2-5-17-9)3-4-16-6-10(12,13)14/h2,5,8,15H,3-4,6H2,1H3. The minimum Gasteiger partial charge on any atom is -0.466 e. The van der Waals surface area contributed by atoms with Gasteiger partial charge in [-0.2, -0.15) is 13.2 Å². The summed E-state index contributed by atoms with van der Waals surface area (Å²) in [5.41, 5.74) is 0. The molecule has 1 unspecified atom stereocenters. The van der Waals surface area contributed by atoms with Crippen LogP contribution < -0.4 is 5.32 Å². The molecule has 0 aliphatic heterocycles. The van der Waals surface area contributed by atoms with Crippen molar-refractivity contribution in [1.29, 1.82) is 0 Å². The lowest BCUT2D eigenvalue weighted by atomic mass is 10.1. The van der Waals surface area contributed by atoms with Gasteiger partial charge >= 0.3 is 6.18 Å². The molecule has 0 aliphatic rings. The SMILES string of the molecule is CNC(CCOCC(F)(F)F)c1occc1Br. The van der Waals surface area contributed by atoms with Crippen LogP contribution in [0.4, 0.5) is 13.2 Å². The van der Waals surface area contributed by atoms with E-state index in [4.69, 9.17) is 4.42 Å². The first-order chi connectivity index (χ1) is 7.94. The Hall–Kier alpha value is -0.530. The molecule has 0 fully saturated rings. The van der Waals surface area contributed by atoms with Gasteiger partial charge in [0.25, 0.3) is 0 Å². The number of furan rings is 1. The van der Waals surface area contributed by atoms with Gasteiger partial charge in [-0.05, 0) is 35.5 Å². The molecule has 1 N–H and O–H groups in total. The summed E-state index contributed by atoms with van der Waals surface area (Å²) in [4.78, 5) is 0.